The van der Waals surface area contributed by atoms with Gasteiger partial charge in [0.1, 0.15) is 0 Å². The summed E-state index contributed by atoms with van der Waals surface area (Å²) in [5.41, 5.74) is 3.02. The average Bonchev–Trinajstić information content (AvgIpc) is 2.18. The summed E-state index contributed by atoms with van der Waals surface area (Å²) in [6, 6.07) is 6.67. The van der Waals surface area contributed by atoms with Gasteiger partial charge in [-0.2, -0.15) is 0 Å². The van der Waals surface area contributed by atoms with Crippen LogP contribution in [0.1, 0.15) is 13.8 Å². The van der Waals surface area contributed by atoms with Gasteiger partial charge in [0.25, 0.3) is 0 Å². The second kappa shape index (κ2) is 4.63. The lowest BCUT2D eigenvalue weighted by Crippen LogP contribution is -2.16. The van der Waals surface area contributed by atoms with E-state index in [0.717, 1.165) is 0 Å². The van der Waals surface area contributed by atoms with Crippen molar-refractivity contribution in [3.63, 3.8) is 0 Å². The second-order valence-electron chi connectivity index (χ2n) is 3.40. The molecule has 0 fully saturated rings. The molecule has 5 heteroatoms. The first-order valence-electron chi connectivity index (χ1n) is 4.62. The van der Waals surface area contributed by atoms with Crippen molar-refractivity contribution < 1.29 is 13.3 Å². The number of anilines is 1. The van der Waals surface area contributed by atoms with Gasteiger partial charge in [-0.3, -0.25) is 10.3 Å². The summed E-state index contributed by atoms with van der Waals surface area (Å²) in [5, 5.41) is -0.447. The van der Waals surface area contributed by atoms with Gasteiger partial charge in [0.05, 0.1) is 22.9 Å². The molecule has 15 heavy (non-hydrogen) atoms. The van der Waals surface area contributed by atoms with Gasteiger partial charge in [0.2, 0.25) is 0 Å². The van der Waals surface area contributed by atoms with Crippen LogP contribution < -0.4 is 5.48 Å². The normalized spacial score (nSPS) is 11.7. The molecule has 84 valence electrons. The van der Waals surface area contributed by atoms with E-state index in [1.54, 1.807) is 38.1 Å². The van der Waals surface area contributed by atoms with Gasteiger partial charge < -0.3 is 0 Å². The molecule has 0 aliphatic heterocycles. The van der Waals surface area contributed by atoms with E-state index in [4.69, 9.17) is 4.84 Å². The molecule has 0 radical (unpaired) electrons. The Bertz CT molecular complexity index is 426. The molecule has 0 saturated heterocycles. The van der Waals surface area contributed by atoms with Crippen LogP contribution in [0.5, 0.6) is 0 Å². The molecular weight excluding hydrogens is 214 g/mol. The topological polar surface area (TPSA) is 55.4 Å². The van der Waals surface area contributed by atoms with Gasteiger partial charge >= 0.3 is 0 Å². The molecular formula is C10H15NO3S. The molecule has 0 heterocycles. The third kappa shape index (κ3) is 2.49. The number of benzene rings is 1. The van der Waals surface area contributed by atoms with Crippen LogP contribution in [0.3, 0.4) is 0 Å². The Morgan fingerprint density at radius 1 is 1.27 bits per heavy atom. The van der Waals surface area contributed by atoms with E-state index in [1.165, 1.54) is 7.11 Å². The summed E-state index contributed by atoms with van der Waals surface area (Å²) in [7, 11) is -1.83. The Kier molecular flexibility index (Phi) is 3.71. The molecule has 1 N–H and O–H groups in total. The Morgan fingerprint density at radius 2 is 1.87 bits per heavy atom. The SMILES string of the molecule is CONc1ccccc1S(=O)(=O)C(C)C. The van der Waals surface area contributed by atoms with E-state index < -0.39 is 15.1 Å². The third-order valence-electron chi connectivity index (χ3n) is 2.03. The van der Waals surface area contributed by atoms with Gasteiger partial charge in [-0.25, -0.2) is 8.42 Å². The molecule has 0 aliphatic carbocycles. The standard InChI is InChI=1S/C10H15NO3S/c1-8(2)15(12,13)10-7-5-4-6-9(10)11-14-3/h4-8,11H,1-3H3. The van der Waals surface area contributed by atoms with Crippen LogP contribution in [-0.2, 0) is 14.7 Å². The Morgan fingerprint density at radius 3 is 2.40 bits per heavy atom. The van der Waals surface area contributed by atoms with Crippen molar-refractivity contribution in [3.8, 4) is 0 Å². The quantitative estimate of drug-likeness (QED) is 0.800. The molecule has 1 aromatic carbocycles. The number of rotatable bonds is 4. The highest BCUT2D eigenvalue weighted by molar-refractivity contribution is 7.92. The lowest BCUT2D eigenvalue weighted by molar-refractivity contribution is 0.270. The fraction of sp³-hybridized carbons (Fsp3) is 0.400. The van der Waals surface area contributed by atoms with Crippen LogP contribution in [0.25, 0.3) is 0 Å². The van der Waals surface area contributed by atoms with Crippen molar-refractivity contribution in [1.29, 1.82) is 0 Å². The van der Waals surface area contributed by atoms with E-state index in [-0.39, 0.29) is 4.90 Å². The zero-order valence-corrected chi connectivity index (χ0v) is 9.84. The second-order valence-corrected chi connectivity index (χ2v) is 5.87. The summed E-state index contributed by atoms with van der Waals surface area (Å²) in [6.07, 6.45) is 0. The van der Waals surface area contributed by atoms with Gasteiger partial charge in [0.15, 0.2) is 9.84 Å². The first kappa shape index (κ1) is 12.0. The molecule has 0 saturated carbocycles. The summed E-state index contributed by atoms with van der Waals surface area (Å²) < 4.78 is 23.9. The van der Waals surface area contributed by atoms with E-state index in [9.17, 15) is 8.42 Å². The van der Waals surface area contributed by atoms with Crippen molar-refractivity contribution >= 4 is 15.5 Å². The molecule has 0 aliphatic rings. The lowest BCUT2D eigenvalue weighted by atomic mass is 10.3. The smallest absolute Gasteiger partial charge is 0.182 e. The van der Waals surface area contributed by atoms with Gasteiger partial charge in [-0.15, -0.1) is 0 Å². The zero-order chi connectivity index (χ0) is 11.5. The van der Waals surface area contributed by atoms with Crippen molar-refractivity contribution in [2.45, 2.75) is 24.0 Å². The fourth-order valence-corrected chi connectivity index (χ4v) is 2.36. The Balaban J connectivity index is 3.25. The number of para-hydroxylation sites is 1. The molecule has 1 aromatic rings. The Labute approximate surface area is 90.1 Å². The minimum Gasteiger partial charge on any atom is -0.279 e. The van der Waals surface area contributed by atoms with Crippen LogP contribution >= 0.6 is 0 Å². The average molecular weight is 229 g/mol. The molecule has 0 bridgehead atoms. The van der Waals surface area contributed by atoms with Crippen molar-refractivity contribution in [1.82, 2.24) is 0 Å². The molecule has 0 amide bonds. The van der Waals surface area contributed by atoms with Crippen molar-refractivity contribution in [2.75, 3.05) is 12.6 Å². The van der Waals surface area contributed by atoms with Crippen LogP contribution in [0.15, 0.2) is 29.2 Å². The molecule has 0 aromatic heterocycles. The highest BCUT2D eigenvalue weighted by Gasteiger charge is 2.22. The minimum atomic E-state index is -3.27. The number of nitrogens with one attached hydrogen (secondary N) is 1. The molecule has 0 spiro atoms. The van der Waals surface area contributed by atoms with E-state index >= 15 is 0 Å². The third-order valence-corrected chi connectivity index (χ3v) is 4.24. The van der Waals surface area contributed by atoms with Gasteiger partial charge in [-0.05, 0) is 26.0 Å². The van der Waals surface area contributed by atoms with Crippen LogP contribution in [0.2, 0.25) is 0 Å². The molecule has 0 atom stereocenters. The predicted molar refractivity (Wildman–Crippen MR) is 59.4 cm³/mol. The summed E-state index contributed by atoms with van der Waals surface area (Å²) in [5.74, 6) is 0. The first-order valence-corrected chi connectivity index (χ1v) is 6.16. The molecule has 4 nitrogen and oxygen atoms in total. The number of hydrogen-bond acceptors (Lipinski definition) is 4. The van der Waals surface area contributed by atoms with Crippen molar-refractivity contribution in [2.24, 2.45) is 0 Å². The monoisotopic (exact) mass is 229 g/mol. The van der Waals surface area contributed by atoms with Crippen LogP contribution in [0.4, 0.5) is 5.69 Å². The molecule has 0 unspecified atom stereocenters. The number of sulfone groups is 1. The predicted octanol–water partition coefficient (Wildman–Crippen LogP) is 1.84. The number of hydrogen-bond donors (Lipinski definition) is 1. The van der Waals surface area contributed by atoms with E-state index in [2.05, 4.69) is 5.48 Å². The van der Waals surface area contributed by atoms with Crippen LogP contribution in [-0.4, -0.2) is 20.8 Å². The minimum absolute atomic E-state index is 0.266. The maximum Gasteiger partial charge on any atom is 0.182 e. The van der Waals surface area contributed by atoms with Gasteiger partial charge in [0, 0.05) is 0 Å². The lowest BCUT2D eigenvalue weighted by Gasteiger charge is -2.12. The maximum atomic E-state index is 11.9. The summed E-state index contributed by atoms with van der Waals surface area (Å²) in [4.78, 5) is 4.99. The van der Waals surface area contributed by atoms with Crippen molar-refractivity contribution in [3.05, 3.63) is 24.3 Å². The zero-order valence-electron chi connectivity index (χ0n) is 9.02. The molecule has 1 rings (SSSR count). The first-order chi connectivity index (χ1) is 7.00. The Hall–Kier alpha value is -1.07. The van der Waals surface area contributed by atoms with E-state index in [0.29, 0.717) is 5.69 Å². The van der Waals surface area contributed by atoms with Gasteiger partial charge in [-0.1, -0.05) is 12.1 Å². The maximum absolute atomic E-state index is 11.9. The highest BCUT2D eigenvalue weighted by Crippen LogP contribution is 2.24. The summed E-state index contributed by atoms with van der Waals surface area (Å²) >= 11 is 0. The highest BCUT2D eigenvalue weighted by atomic mass is 32.2. The van der Waals surface area contributed by atoms with Crippen LogP contribution in [0, 0.1) is 0 Å². The fourth-order valence-electron chi connectivity index (χ4n) is 1.16. The largest absolute Gasteiger partial charge is 0.279 e. The van der Waals surface area contributed by atoms with E-state index in [1.807, 2.05) is 0 Å². The summed E-state index contributed by atoms with van der Waals surface area (Å²) in [6.45, 7) is 3.30.